The lowest BCUT2D eigenvalue weighted by atomic mass is 9.76. The number of amides is 2. The molecule has 2 fully saturated rings. The van der Waals surface area contributed by atoms with Gasteiger partial charge in [-0.2, -0.15) is 0 Å². The molecule has 0 spiro atoms. The maximum atomic E-state index is 14.0. The minimum absolute atomic E-state index is 0.00480. The number of carbonyl (C=O) groups is 3. The lowest BCUT2D eigenvalue weighted by Gasteiger charge is -2.49. The second kappa shape index (κ2) is 11.8. The van der Waals surface area contributed by atoms with Gasteiger partial charge in [0, 0.05) is 61.0 Å². The molecule has 2 amide bonds. The van der Waals surface area contributed by atoms with Gasteiger partial charge >= 0.3 is 5.97 Å². The molecule has 3 aliphatic rings. The predicted octanol–water partition coefficient (Wildman–Crippen LogP) is 4.66. The van der Waals surface area contributed by atoms with Crippen molar-refractivity contribution in [3.05, 3.63) is 81.8 Å². The fourth-order valence-electron chi connectivity index (χ4n) is 6.08. The molecule has 0 radical (unpaired) electrons. The summed E-state index contributed by atoms with van der Waals surface area (Å²) in [5, 5.41) is 0.576. The molecule has 1 aliphatic carbocycles. The van der Waals surface area contributed by atoms with Crippen LogP contribution < -0.4 is 0 Å². The summed E-state index contributed by atoms with van der Waals surface area (Å²) >= 11 is 5.98. The fraction of sp³-hybridized carbons (Fsp3) is 0.433. The molecule has 2 aromatic rings. The number of piperazine rings is 1. The molecule has 1 saturated carbocycles. The summed E-state index contributed by atoms with van der Waals surface area (Å²) in [4.78, 5) is 46.0. The van der Waals surface area contributed by atoms with Gasteiger partial charge in [0.25, 0.3) is 11.8 Å². The summed E-state index contributed by atoms with van der Waals surface area (Å²) in [6.45, 7) is 4.19. The Morgan fingerprint density at radius 3 is 2.31 bits per heavy atom. The van der Waals surface area contributed by atoms with Crippen LogP contribution in [0.5, 0.6) is 0 Å². The molecule has 2 atom stereocenters. The van der Waals surface area contributed by atoms with E-state index in [0.29, 0.717) is 43.3 Å². The number of fused-ring (bicyclic) bond motifs is 1. The minimum atomic E-state index is -0.606. The predicted molar refractivity (Wildman–Crippen MR) is 145 cm³/mol. The van der Waals surface area contributed by atoms with Crippen LogP contribution in [-0.4, -0.2) is 71.3 Å². The summed E-state index contributed by atoms with van der Waals surface area (Å²) in [5.41, 5.74) is 2.25. The van der Waals surface area contributed by atoms with Crippen LogP contribution in [0, 0.1) is 11.7 Å². The van der Waals surface area contributed by atoms with Gasteiger partial charge in [-0.25, -0.2) is 9.18 Å². The third-order valence-corrected chi connectivity index (χ3v) is 8.21. The van der Waals surface area contributed by atoms with Gasteiger partial charge in [0.15, 0.2) is 0 Å². The number of ether oxygens (including phenoxy) is 1. The van der Waals surface area contributed by atoms with E-state index in [2.05, 4.69) is 4.90 Å². The number of nitrogens with zero attached hydrogens (tertiary/aromatic N) is 3. The molecule has 7 nitrogen and oxygen atoms in total. The second-order valence-corrected chi connectivity index (χ2v) is 10.7. The van der Waals surface area contributed by atoms with Crippen LogP contribution in [0.15, 0.2) is 59.8 Å². The lowest BCUT2D eigenvalue weighted by Crippen LogP contribution is -2.57. The van der Waals surface area contributed by atoms with Crippen LogP contribution >= 0.6 is 11.6 Å². The maximum Gasteiger partial charge on any atom is 0.345 e. The molecule has 2 aromatic carbocycles. The number of carbonyl (C=O) groups excluding carboxylic acids is 3. The molecular formula is C30H33ClFN3O4. The second-order valence-electron chi connectivity index (χ2n) is 10.3. The Kier molecular flexibility index (Phi) is 8.21. The van der Waals surface area contributed by atoms with Crippen LogP contribution in [-0.2, 0) is 20.9 Å². The monoisotopic (exact) mass is 553 g/mol. The summed E-state index contributed by atoms with van der Waals surface area (Å²) in [6, 6.07) is 12.9. The van der Waals surface area contributed by atoms with E-state index in [4.69, 9.17) is 16.3 Å². The lowest BCUT2D eigenvalue weighted by molar-refractivity contribution is -0.145. The Morgan fingerprint density at radius 2 is 1.64 bits per heavy atom. The summed E-state index contributed by atoms with van der Waals surface area (Å²) in [5.74, 6) is -1.34. The van der Waals surface area contributed by atoms with Gasteiger partial charge in [-0.3, -0.25) is 9.59 Å². The van der Waals surface area contributed by atoms with Crippen molar-refractivity contribution < 1.29 is 23.5 Å². The van der Waals surface area contributed by atoms with E-state index in [-0.39, 0.29) is 41.8 Å². The van der Waals surface area contributed by atoms with Crippen molar-refractivity contribution >= 4 is 29.4 Å². The number of rotatable bonds is 6. The van der Waals surface area contributed by atoms with E-state index in [9.17, 15) is 18.8 Å². The molecule has 0 N–H and O–H groups in total. The van der Waals surface area contributed by atoms with Crippen LogP contribution in [0.1, 0.15) is 48.5 Å². The van der Waals surface area contributed by atoms with E-state index in [1.807, 2.05) is 0 Å². The first-order valence-electron chi connectivity index (χ1n) is 13.6. The Bertz CT molecular complexity index is 1260. The highest BCUT2D eigenvalue weighted by Crippen LogP contribution is 2.42. The molecule has 1 saturated heterocycles. The van der Waals surface area contributed by atoms with E-state index in [1.165, 1.54) is 12.1 Å². The number of hydrogen-bond acceptors (Lipinski definition) is 5. The molecule has 0 bridgehead atoms. The topological polar surface area (TPSA) is 70.2 Å². The third kappa shape index (κ3) is 5.66. The smallest absolute Gasteiger partial charge is 0.345 e. The van der Waals surface area contributed by atoms with Crippen LogP contribution in [0.3, 0.4) is 0 Å². The van der Waals surface area contributed by atoms with Crippen molar-refractivity contribution in [2.24, 2.45) is 5.92 Å². The number of benzene rings is 2. The van der Waals surface area contributed by atoms with Crippen molar-refractivity contribution in [1.29, 1.82) is 0 Å². The number of hydrogen-bond donors (Lipinski definition) is 0. The van der Waals surface area contributed by atoms with E-state index >= 15 is 0 Å². The Morgan fingerprint density at radius 1 is 0.974 bits per heavy atom. The highest BCUT2D eigenvalue weighted by molar-refractivity contribution is 6.30. The van der Waals surface area contributed by atoms with Crippen LogP contribution in [0.25, 0.3) is 0 Å². The molecule has 206 valence electrons. The molecule has 0 aromatic heterocycles. The van der Waals surface area contributed by atoms with Crippen molar-refractivity contribution in [3.63, 3.8) is 0 Å². The first-order valence-corrected chi connectivity index (χ1v) is 14.0. The number of halogens is 2. The van der Waals surface area contributed by atoms with E-state index in [0.717, 1.165) is 36.9 Å². The molecule has 2 aliphatic heterocycles. The van der Waals surface area contributed by atoms with Crippen LogP contribution in [0.4, 0.5) is 4.39 Å². The minimum Gasteiger partial charge on any atom is -0.462 e. The quantitative estimate of drug-likeness (QED) is 0.384. The standard InChI is InChI=1S/C30H33ClFN3O4/c1-2-39-30(38)26-27(33-15-17-34(18-16-33)28(36)21-9-11-22(31)12-10-21)24-5-3-4-6-25(24)35(29(26)37)19-20-7-13-23(32)14-8-20/h7-14,24-25H,2-6,15-19H2,1H3. The van der Waals surface area contributed by atoms with Gasteiger partial charge in [0.05, 0.1) is 6.61 Å². The Hall–Kier alpha value is -3.39. The van der Waals surface area contributed by atoms with Crippen molar-refractivity contribution in [1.82, 2.24) is 14.7 Å². The molecular weight excluding hydrogens is 521 g/mol. The largest absolute Gasteiger partial charge is 0.462 e. The highest BCUT2D eigenvalue weighted by atomic mass is 35.5. The zero-order valence-electron chi connectivity index (χ0n) is 22.1. The van der Waals surface area contributed by atoms with Crippen LogP contribution in [0.2, 0.25) is 5.02 Å². The molecule has 9 heteroatoms. The van der Waals surface area contributed by atoms with Crippen molar-refractivity contribution in [2.75, 3.05) is 32.8 Å². The molecule has 5 rings (SSSR count). The Balaban J connectivity index is 1.43. The summed E-state index contributed by atoms with van der Waals surface area (Å²) in [6.07, 6.45) is 3.71. The molecule has 39 heavy (non-hydrogen) atoms. The van der Waals surface area contributed by atoms with E-state index < -0.39 is 5.97 Å². The molecule has 2 unspecified atom stereocenters. The van der Waals surface area contributed by atoms with Gasteiger partial charge in [-0.05, 0) is 61.7 Å². The maximum absolute atomic E-state index is 14.0. The normalized spacial score (nSPS) is 21.6. The highest BCUT2D eigenvalue weighted by Gasteiger charge is 2.47. The zero-order chi connectivity index (χ0) is 27.5. The van der Waals surface area contributed by atoms with E-state index in [1.54, 1.807) is 53.1 Å². The molecule has 2 heterocycles. The van der Waals surface area contributed by atoms with Crippen molar-refractivity contribution in [3.8, 4) is 0 Å². The van der Waals surface area contributed by atoms with Gasteiger partial charge in [0.1, 0.15) is 11.4 Å². The summed E-state index contributed by atoms with van der Waals surface area (Å²) in [7, 11) is 0. The zero-order valence-corrected chi connectivity index (χ0v) is 22.8. The third-order valence-electron chi connectivity index (χ3n) is 7.96. The SMILES string of the molecule is CCOC(=O)C1=C(N2CCN(C(=O)c3ccc(Cl)cc3)CC2)C2CCCCC2N(Cc2ccc(F)cc2)C1=O. The number of esters is 1. The van der Waals surface area contributed by atoms with Gasteiger partial charge < -0.3 is 19.4 Å². The first-order chi connectivity index (χ1) is 18.9. The average molecular weight is 554 g/mol. The van der Waals surface area contributed by atoms with Crippen molar-refractivity contribution in [2.45, 2.75) is 45.2 Å². The van der Waals surface area contributed by atoms with Gasteiger partial charge in [-0.1, -0.05) is 36.6 Å². The first kappa shape index (κ1) is 27.2. The fourth-order valence-corrected chi connectivity index (χ4v) is 6.21. The summed E-state index contributed by atoms with van der Waals surface area (Å²) < 4.78 is 18.9. The van der Waals surface area contributed by atoms with Gasteiger partial charge in [-0.15, -0.1) is 0 Å². The van der Waals surface area contributed by atoms with Gasteiger partial charge in [0.2, 0.25) is 0 Å². The Labute approximate surface area is 233 Å². The average Bonchev–Trinajstić information content (AvgIpc) is 2.95.